The van der Waals surface area contributed by atoms with E-state index in [-0.39, 0.29) is 0 Å². The summed E-state index contributed by atoms with van der Waals surface area (Å²) in [5.41, 5.74) is 1.20. The van der Waals surface area contributed by atoms with Gasteiger partial charge in [0.15, 0.2) is 5.69 Å². The molecule has 0 amide bonds. The number of nitrogens with zero attached hydrogens (tertiary/aromatic N) is 2. The second-order valence-electron chi connectivity index (χ2n) is 2.34. The first-order valence-electron chi connectivity index (χ1n) is 3.44. The SMILES string of the molecule is CCc1cc(C)nc(O)[n+]1[O-]. The van der Waals surface area contributed by atoms with Crippen LogP contribution in [-0.2, 0) is 6.42 Å². The van der Waals surface area contributed by atoms with Crippen molar-refractivity contribution in [3.05, 3.63) is 22.7 Å². The molecule has 0 aromatic carbocycles. The van der Waals surface area contributed by atoms with Crippen LogP contribution >= 0.6 is 0 Å². The number of aryl methyl sites for hydroxylation is 2. The highest BCUT2D eigenvalue weighted by Crippen LogP contribution is 2.02. The van der Waals surface area contributed by atoms with E-state index in [4.69, 9.17) is 5.11 Å². The predicted octanol–water partition coefficient (Wildman–Crippen LogP) is 0.291. The predicted molar refractivity (Wildman–Crippen MR) is 39.0 cm³/mol. The van der Waals surface area contributed by atoms with Crippen LogP contribution < -0.4 is 4.73 Å². The standard InChI is InChI=1S/C7H10N2O2/c1-3-6-4-5(2)8-7(10)9(6)11/h4H,3H2,1-2H3,(H,8,10). The van der Waals surface area contributed by atoms with E-state index in [0.29, 0.717) is 22.5 Å². The van der Waals surface area contributed by atoms with Crippen LogP contribution in [0.4, 0.5) is 0 Å². The Hall–Kier alpha value is -1.32. The fourth-order valence-electron chi connectivity index (χ4n) is 0.909. The minimum absolute atomic E-state index is 0.438. The zero-order valence-electron chi connectivity index (χ0n) is 6.53. The third-order valence-electron chi connectivity index (χ3n) is 1.46. The summed E-state index contributed by atoms with van der Waals surface area (Å²) in [6.45, 7) is 3.58. The summed E-state index contributed by atoms with van der Waals surface area (Å²) >= 11 is 0. The third kappa shape index (κ3) is 1.39. The molecule has 0 aliphatic carbocycles. The van der Waals surface area contributed by atoms with Gasteiger partial charge in [-0.2, -0.15) is 4.73 Å². The van der Waals surface area contributed by atoms with Crippen LogP contribution in [0.3, 0.4) is 0 Å². The summed E-state index contributed by atoms with van der Waals surface area (Å²) in [6, 6.07) is 1.19. The second kappa shape index (κ2) is 2.74. The molecular formula is C7H10N2O2. The van der Waals surface area contributed by atoms with Crippen molar-refractivity contribution in [3.63, 3.8) is 0 Å². The van der Waals surface area contributed by atoms with Gasteiger partial charge in [-0.25, -0.2) is 0 Å². The largest absolute Gasteiger partial charge is 0.708 e. The van der Waals surface area contributed by atoms with Crippen molar-refractivity contribution in [2.45, 2.75) is 20.3 Å². The molecule has 0 atom stereocenters. The van der Waals surface area contributed by atoms with Crippen molar-refractivity contribution < 1.29 is 9.84 Å². The number of aromatic hydroxyl groups is 1. The highest BCUT2D eigenvalue weighted by atomic mass is 16.5. The number of hydrogen-bond acceptors (Lipinski definition) is 3. The Labute approximate surface area is 64.7 Å². The molecule has 1 rings (SSSR count). The molecule has 0 aliphatic heterocycles. The Morgan fingerprint density at radius 3 is 2.91 bits per heavy atom. The van der Waals surface area contributed by atoms with Gasteiger partial charge in [0.1, 0.15) is 5.69 Å². The van der Waals surface area contributed by atoms with Crippen LogP contribution in [-0.4, -0.2) is 10.1 Å². The zero-order chi connectivity index (χ0) is 8.43. The van der Waals surface area contributed by atoms with Gasteiger partial charge in [-0.1, -0.05) is 6.92 Å². The lowest BCUT2D eigenvalue weighted by Crippen LogP contribution is -2.32. The van der Waals surface area contributed by atoms with Crippen molar-refractivity contribution in [3.8, 4) is 6.01 Å². The Morgan fingerprint density at radius 2 is 2.36 bits per heavy atom. The Morgan fingerprint density at radius 1 is 1.73 bits per heavy atom. The van der Waals surface area contributed by atoms with Gasteiger partial charge in [0.25, 0.3) is 0 Å². The normalized spacial score (nSPS) is 10.0. The van der Waals surface area contributed by atoms with E-state index in [1.807, 2.05) is 6.92 Å². The van der Waals surface area contributed by atoms with Crippen molar-refractivity contribution in [1.82, 2.24) is 4.98 Å². The first kappa shape index (κ1) is 7.78. The summed E-state index contributed by atoms with van der Waals surface area (Å²) < 4.78 is 0.438. The number of rotatable bonds is 1. The molecule has 4 nitrogen and oxygen atoms in total. The van der Waals surface area contributed by atoms with Gasteiger partial charge < -0.3 is 10.3 Å². The zero-order valence-corrected chi connectivity index (χ0v) is 6.53. The molecule has 0 saturated heterocycles. The lowest BCUT2D eigenvalue weighted by atomic mass is 10.3. The molecule has 0 fully saturated rings. The van der Waals surface area contributed by atoms with Crippen LogP contribution in [0, 0.1) is 12.1 Å². The van der Waals surface area contributed by atoms with Gasteiger partial charge in [0.05, 0.1) is 0 Å². The van der Waals surface area contributed by atoms with Gasteiger partial charge in [-0.05, 0) is 4.98 Å². The van der Waals surface area contributed by atoms with Gasteiger partial charge in [-0.15, -0.1) is 0 Å². The van der Waals surface area contributed by atoms with Crippen molar-refractivity contribution in [1.29, 1.82) is 0 Å². The second-order valence-corrected chi connectivity index (χ2v) is 2.34. The van der Waals surface area contributed by atoms with Crippen LogP contribution in [0.1, 0.15) is 18.3 Å². The van der Waals surface area contributed by atoms with Gasteiger partial charge in [0.2, 0.25) is 0 Å². The monoisotopic (exact) mass is 154 g/mol. The molecule has 11 heavy (non-hydrogen) atoms. The van der Waals surface area contributed by atoms with Crippen molar-refractivity contribution in [2.75, 3.05) is 0 Å². The molecule has 0 saturated carbocycles. The van der Waals surface area contributed by atoms with E-state index in [1.54, 1.807) is 13.0 Å². The Bertz CT molecular complexity index is 273. The summed E-state index contributed by atoms with van der Waals surface area (Å²) in [5, 5.41) is 19.9. The quantitative estimate of drug-likeness (QED) is 0.467. The molecule has 0 spiro atoms. The maximum atomic E-state index is 11.0. The molecule has 4 heteroatoms. The molecule has 1 N–H and O–H groups in total. The van der Waals surface area contributed by atoms with Crippen LogP contribution in [0.15, 0.2) is 6.07 Å². The average Bonchev–Trinajstić information content (AvgIpc) is 1.96. The highest BCUT2D eigenvalue weighted by Gasteiger charge is 2.09. The summed E-state index contributed by atoms with van der Waals surface area (Å²) in [7, 11) is 0. The smallest absolute Gasteiger partial charge is 0.499 e. The van der Waals surface area contributed by atoms with Crippen LogP contribution in [0.5, 0.6) is 6.01 Å². The highest BCUT2D eigenvalue weighted by molar-refractivity contribution is 5.05. The van der Waals surface area contributed by atoms with Gasteiger partial charge in [0, 0.05) is 19.4 Å². The maximum Gasteiger partial charge on any atom is 0.499 e. The number of hydrogen-bond donors (Lipinski definition) is 1. The minimum Gasteiger partial charge on any atom is -0.708 e. The van der Waals surface area contributed by atoms with E-state index < -0.39 is 6.01 Å². The van der Waals surface area contributed by atoms with E-state index >= 15 is 0 Å². The fourth-order valence-corrected chi connectivity index (χ4v) is 0.909. The summed E-state index contributed by atoms with van der Waals surface area (Å²) in [4.78, 5) is 3.59. The molecule has 60 valence electrons. The molecular weight excluding hydrogens is 144 g/mol. The summed E-state index contributed by atoms with van der Waals surface area (Å²) in [6.07, 6.45) is 0.598. The Kier molecular flexibility index (Phi) is 1.94. The summed E-state index contributed by atoms with van der Waals surface area (Å²) in [5.74, 6) is 0. The lowest BCUT2D eigenvalue weighted by molar-refractivity contribution is -0.625. The fraction of sp³-hybridized carbons (Fsp3) is 0.429. The minimum atomic E-state index is -0.471. The molecule has 1 heterocycles. The van der Waals surface area contributed by atoms with E-state index in [1.165, 1.54) is 0 Å². The van der Waals surface area contributed by atoms with Gasteiger partial charge >= 0.3 is 6.01 Å². The lowest BCUT2D eigenvalue weighted by Gasteiger charge is -2.06. The van der Waals surface area contributed by atoms with Gasteiger partial charge in [-0.3, -0.25) is 0 Å². The number of aromatic nitrogens is 2. The van der Waals surface area contributed by atoms with Crippen molar-refractivity contribution in [2.24, 2.45) is 0 Å². The molecule has 1 aromatic rings. The first-order chi connectivity index (χ1) is 5.15. The first-order valence-corrected chi connectivity index (χ1v) is 3.44. The molecule has 0 radical (unpaired) electrons. The van der Waals surface area contributed by atoms with Crippen LogP contribution in [0.2, 0.25) is 0 Å². The van der Waals surface area contributed by atoms with E-state index in [9.17, 15) is 5.21 Å². The Balaban J connectivity index is 3.24. The molecule has 0 bridgehead atoms. The van der Waals surface area contributed by atoms with E-state index in [2.05, 4.69) is 4.98 Å². The molecule has 0 unspecified atom stereocenters. The maximum absolute atomic E-state index is 11.0. The van der Waals surface area contributed by atoms with Crippen molar-refractivity contribution >= 4 is 0 Å². The topological polar surface area (TPSA) is 60.1 Å². The van der Waals surface area contributed by atoms with E-state index in [0.717, 1.165) is 0 Å². The molecule has 1 aromatic heterocycles. The van der Waals surface area contributed by atoms with Crippen LogP contribution in [0.25, 0.3) is 0 Å². The third-order valence-corrected chi connectivity index (χ3v) is 1.46. The molecule has 0 aliphatic rings. The average molecular weight is 154 g/mol.